The van der Waals surface area contributed by atoms with E-state index in [-0.39, 0.29) is 0 Å². The summed E-state index contributed by atoms with van der Waals surface area (Å²) >= 11 is 0. The molecule has 5 heteroatoms. The van der Waals surface area contributed by atoms with Crippen molar-refractivity contribution in [2.75, 3.05) is 5.32 Å². The Labute approximate surface area is 87.6 Å². The molecule has 0 saturated carbocycles. The number of hydrogen-bond acceptors (Lipinski definition) is 5. The molecule has 0 aliphatic carbocycles. The van der Waals surface area contributed by atoms with Crippen LogP contribution >= 0.6 is 0 Å². The van der Waals surface area contributed by atoms with Gasteiger partial charge in [0.1, 0.15) is 11.6 Å². The molecule has 2 heterocycles. The molecule has 0 radical (unpaired) electrons. The Morgan fingerprint density at radius 3 is 2.47 bits per heavy atom. The molecular weight excluding hydrogens is 190 g/mol. The minimum absolute atomic E-state index is 0.662. The Balaban J connectivity index is 2.22. The summed E-state index contributed by atoms with van der Waals surface area (Å²) in [4.78, 5) is 16.6. The van der Waals surface area contributed by atoms with Gasteiger partial charge in [-0.2, -0.15) is 0 Å². The maximum atomic E-state index is 4.33. The third kappa shape index (κ3) is 2.25. The Morgan fingerprint density at radius 2 is 1.80 bits per heavy atom. The van der Waals surface area contributed by atoms with Crippen LogP contribution < -0.4 is 5.32 Å². The minimum Gasteiger partial charge on any atom is -0.322 e. The van der Waals surface area contributed by atoms with Crippen LogP contribution in [0.2, 0.25) is 0 Å². The van der Waals surface area contributed by atoms with Crippen molar-refractivity contribution in [3.8, 4) is 0 Å². The Morgan fingerprint density at radius 1 is 0.933 bits per heavy atom. The summed E-state index contributed by atoms with van der Waals surface area (Å²) in [6.07, 6.45) is 6.56. The summed E-state index contributed by atoms with van der Waals surface area (Å²) < 4.78 is 0. The summed E-state index contributed by atoms with van der Waals surface area (Å²) in [7, 11) is 0. The molecule has 0 aromatic carbocycles. The fraction of sp³-hybridized carbons (Fsp3) is 0.200. The first-order valence-corrected chi connectivity index (χ1v) is 4.59. The fourth-order valence-electron chi connectivity index (χ4n) is 1.10. The van der Waals surface area contributed by atoms with Crippen molar-refractivity contribution >= 4 is 11.6 Å². The number of aryl methyl sites for hydroxylation is 2. The van der Waals surface area contributed by atoms with Crippen LogP contribution in [0.5, 0.6) is 0 Å². The van der Waals surface area contributed by atoms with Crippen LogP contribution in [0.4, 0.5) is 11.6 Å². The van der Waals surface area contributed by atoms with Crippen LogP contribution in [0.1, 0.15) is 11.4 Å². The predicted octanol–water partition coefficient (Wildman–Crippen LogP) is 1.63. The molecule has 5 nitrogen and oxygen atoms in total. The van der Waals surface area contributed by atoms with Crippen LogP contribution in [-0.4, -0.2) is 19.9 Å². The second-order valence-corrected chi connectivity index (χ2v) is 3.14. The molecule has 2 rings (SSSR count). The minimum atomic E-state index is 0.662. The van der Waals surface area contributed by atoms with Gasteiger partial charge in [-0.15, -0.1) is 0 Å². The van der Waals surface area contributed by atoms with Crippen molar-refractivity contribution in [2.24, 2.45) is 0 Å². The standard InChI is InChI=1S/C10H11N5/c1-7-8(2)14-10(6-13-7)15-9-5-11-3-4-12-9/h3-6H,1-2H3,(H,12,14,15). The van der Waals surface area contributed by atoms with Gasteiger partial charge in [-0.1, -0.05) is 0 Å². The van der Waals surface area contributed by atoms with Crippen LogP contribution in [0, 0.1) is 13.8 Å². The van der Waals surface area contributed by atoms with Gasteiger partial charge in [0.25, 0.3) is 0 Å². The highest BCUT2D eigenvalue weighted by Gasteiger charge is 2.00. The molecule has 0 atom stereocenters. The highest BCUT2D eigenvalue weighted by molar-refractivity contribution is 5.49. The lowest BCUT2D eigenvalue weighted by atomic mass is 10.3. The topological polar surface area (TPSA) is 63.6 Å². The summed E-state index contributed by atoms with van der Waals surface area (Å²) in [5.74, 6) is 1.34. The zero-order valence-electron chi connectivity index (χ0n) is 8.60. The van der Waals surface area contributed by atoms with Gasteiger partial charge in [-0.25, -0.2) is 9.97 Å². The molecule has 0 bridgehead atoms. The second kappa shape index (κ2) is 4.00. The maximum absolute atomic E-state index is 4.33. The molecule has 2 aromatic rings. The van der Waals surface area contributed by atoms with Gasteiger partial charge >= 0.3 is 0 Å². The van der Waals surface area contributed by atoms with E-state index in [1.165, 1.54) is 0 Å². The smallest absolute Gasteiger partial charge is 0.150 e. The normalized spacial score (nSPS) is 10.0. The summed E-state index contributed by atoms with van der Waals surface area (Å²) in [6, 6.07) is 0. The molecular formula is C10H11N5. The van der Waals surface area contributed by atoms with E-state index < -0.39 is 0 Å². The second-order valence-electron chi connectivity index (χ2n) is 3.14. The van der Waals surface area contributed by atoms with E-state index in [0.29, 0.717) is 11.6 Å². The Kier molecular flexibility index (Phi) is 2.53. The summed E-state index contributed by atoms with van der Waals surface area (Å²) in [5, 5.41) is 3.02. The molecule has 0 unspecified atom stereocenters. The zero-order chi connectivity index (χ0) is 10.7. The first kappa shape index (κ1) is 9.51. The maximum Gasteiger partial charge on any atom is 0.150 e. The van der Waals surface area contributed by atoms with E-state index in [0.717, 1.165) is 11.4 Å². The average Bonchev–Trinajstić information content (AvgIpc) is 2.25. The van der Waals surface area contributed by atoms with Gasteiger partial charge in [0, 0.05) is 12.4 Å². The van der Waals surface area contributed by atoms with E-state index in [1.807, 2.05) is 13.8 Å². The number of aromatic nitrogens is 4. The average molecular weight is 201 g/mol. The van der Waals surface area contributed by atoms with E-state index in [4.69, 9.17) is 0 Å². The van der Waals surface area contributed by atoms with Gasteiger partial charge in [-0.05, 0) is 13.8 Å². The van der Waals surface area contributed by atoms with Crippen LogP contribution in [0.15, 0.2) is 24.8 Å². The van der Waals surface area contributed by atoms with Crippen molar-refractivity contribution in [1.82, 2.24) is 19.9 Å². The van der Waals surface area contributed by atoms with Gasteiger partial charge in [0.15, 0.2) is 0 Å². The number of anilines is 2. The van der Waals surface area contributed by atoms with Crippen molar-refractivity contribution in [3.63, 3.8) is 0 Å². The number of rotatable bonds is 2. The van der Waals surface area contributed by atoms with Crippen molar-refractivity contribution < 1.29 is 0 Å². The van der Waals surface area contributed by atoms with Crippen LogP contribution in [0.25, 0.3) is 0 Å². The third-order valence-electron chi connectivity index (χ3n) is 2.01. The largest absolute Gasteiger partial charge is 0.322 e. The molecule has 0 aliphatic rings. The predicted molar refractivity (Wildman–Crippen MR) is 56.8 cm³/mol. The van der Waals surface area contributed by atoms with Crippen molar-refractivity contribution in [1.29, 1.82) is 0 Å². The lowest BCUT2D eigenvalue weighted by Gasteiger charge is -2.05. The van der Waals surface area contributed by atoms with E-state index in [2.05, 4.69) is 25.3 Å². The Bertz CT molecular complexity index is 455. The summed E-state index contributed by atoms with van der Waals surface area (Å²) in [6.45, 7) is 3.85. The molecule has 15 heavy (non-hydrogen) atoms. The van der Waals surface area contributed by atoms with E-state index in [9.17, 15) is 0 Å². The van der Waals surface area contributed by atoms with Gasteiger partial charge in [0.2, 0.25) is 0 Å². The zero-order valence-corrected chi connectivity index (χ0v) is 8.60. The van der Waals surface area contributed by atoms with Crippen LogP contribution in [-0.2, 0) is 0 Å². The van der Waals surface area contributed by atoms with E-state index in [1.54, 1.807) is 24.8 Å². The van der Waals surface area contributed by atoms with Gasteiger partial charge in [-0.3, -0.25) is 9.97 Å². The van der Waals surface area contributed by atoms with Crippen LogP contribution in [0.3, 0.4) is 0 Å². The number of nitrogens with zero attached hydrogens (tertiary/aromatic N) is 4. The SMILES string of the molecule is Cc1ncc(Nc2cnccn2)nc1C. The molecule has 0 spiro atoms. The van der Waals surface area contributed by atoms with Crippen molar-refractivity contribution in [3.05, 3.63) is 36.2 Å². The van der Waals surface area contributed by atoms with Crippen molar-refractivity contribution in [2.45, 2.75) is 13.8 Å². The van der Waals surface area contributed by atoms with E-state index >= 15 is 0 Å². The quantitative estimate of drug-likeness (QED) is 0.800. The van der Waals surface area contributed by atoms with Gasteiger partial charge < -0.3 is 5.32 Å². The highest BCUT2D eigenvalue weighted by Crippen LogP contribution is 2.10. The Hall–Kier alpha value is -2.04. The molecule has 2 aromatic heterocycles. The fourth-order valence-corrected chi connectivity index (χ4v) is 1.10. The lowest BCUT2D eigenvalue weighted by Crippen LogP contribution is -2.00. The molecule has 76 valence electrons. The first-order chi connectivity index (χ1) is 7.25. The number of nitrogens with one attached hydrogen (secondary N) is 1. The summed E-state index contributed by atoms with van der Waals surface area (Å²) in [5.41, 5.74) is 1.84. The lowest BCUT2D eigenvalue weighted by molar-refractivity contribution is 1.04. The first-order valence-electron chi connectivity index (χ1n) is 4.59. The highest BCUT2D eigenvalue weighted by atomic mass is 15.1. The third-order valence-corrected chi connectivity index (χ3v) is 2.01. The molecule has 0 fully saturated rings. The molecule has 0 saturated heterocycles. The molecule has 0 aliphatic heterocycles. The monoisotopic (exact) mass is 201 g/mol. The number of hydrogen-bond donors (Lipinski definition) is 1. The molecule has 1 N–H and O–H groups in total. The van der Waals surface area contributed by atoms with Gasteiger partial charge in [0.05, 0.1) is 23.8 Å². The molecule has 0 amide bonds.